The summed E-state index contributed by atoms with van der Waals surface area (Å²) in [5.41, 5.74) is -0.00577. The van der Waals surface area contributed by atoms with Gasteiger partial charge in [0.25, 0.3) is 5.56 Å². The Balaban J connectivity index is 1.87. The summed E-state index contributed by atoms with van der Waals surface area (Å²) in [5, 5.41) is 11.0. The number of esters is 1. The van der Waals surface area contributed by atoms with Crippen LogP contribution in [0.25, 0.3) is 10.9 Å². The molecule has 0 saturated heterocycles. The van der Waals surface area contributed by atoms with Crippen LogP contribution in [0.1, 0.15) is 39.9 Å². The summed E-state index contributed by atoms with van der Waals surface area (Å²) in [6, 6.07) is 8.27. The number of alkyl halides is 3. The van der Waals surface area contributed by atoms with Crippen LogP contribution in [-0.2, 0) is 23.9 Å². The molecule has 1 unspecified atom stereocenters. The van der Waals surface area contributed by atoms with E-state index >= 15 is 0 Å². The van der Waals surface area contributed by atoms with Crippen molar-refractivity contribution in [2.24, 2.45) is 0 Å². The highest BCUT2D eigenvalue weighted by Gasteiger charge is 2.32. The zero-order valence-corrected chi connectivity index (χ0v) is 17.9. The van der Waals surface area contributed by atoms with Crippen molar-refractivity contribution in [1.29, 1.82) is 0 Å². The molecule has 5 nitrogen and oxygen atoms in total. The monoisotopic (exact) mass is 495 g/mol. The largest absolute Gasteiger partial charge is 0.506 e. The first kappa shape index (κ1) is 21.4. The molecule has 3 aromatic rings. The van der Waals surface area contributed by atoms with Gasteiger partial charge >= 0.3 is 12.1 Å². The number of benzene rings is 2. The third-order valence-corrected chi connectivity index (χ3v) is 5.89. The molecule has 0 amide bonds. The van der Waals surface area contributed by atoms with Crippen LogP contribution < -0.4 is 5.56 Å². The number of pyridine rings is 1. The Labute approximate surface area is 183 Å². The van der Waals surface area contributed by atoms with E-state index in [0.717, 1.165) is 17.7 Å². The van der Waals surface area contributed by atoms with Crippen LogP contribution in [0.3, 0.4) is 0 Å². The van der Waals surface area contributed by atoms with Crippen LogP contribution in [0.15, 0.2) is 45.7 Å². The van der Waals surface area contributed by atoms with Gasteiger partial charge in [0.2, 0.25) is 0 Å². The number of carbonyl (C=O) groups is 1. The second-order valence-electron chi connectivity index (χ2n) is 7.34. The second-order valence-corrected chi connectivity index (χ2v) is 8.26. The van der Waals surface area contributed by atoms with Gasteiger partial charge in [-0.15, -0.1) is 0 Å². The molecule has 162 valence electrons. The van der Waals surface area contributed by atoms with Gasteiger partial charge in [-0.1, -0.05) is 28.1 Å². The lowest BCUT2D eigenvalue weighted by molar-refractivity contribution is -0.137. The van der Waals surface area contributed by atoms with E-state index in [0.29, 0.717) is 27.4 Å². The maximum absolute atomic E-state index is 13.1. The molecule has 4 rings (SSSR count). The van der Waals surface area contributed by atoms with Gasteiger partial charge in [0.15, 0.2) is 5.56 Å². The van der Waals surface area contributed by atoms with Crippen molar-refractivity contribution in [3.63, 3.8) is 0 Å². The van der Waals surface area contributed by atoms with Gasteiger partial charge in [0.1, 0.15) is 5.75 Å². The van der Waals surface area contributed by atoms with Crippen molar-refractivity contribution in [3.05, 3.63) is 73.5 Å². The predicted molar refractivity (Wildman–Crippen MR) is 111 cm³/mol. The zero-order valence-electron chi connectivity index (χ0n) is 16.3. The van der Waals surface area contributed by atoms with Crippen molar-refractivity contribution in [3.8, 4) is 5.75 Å². The van der Waals surface area contributed by atoms with Gasteiger partial charge in [0, 0.05) is 22.3 Å². The van der Waals surface area contributed by atoms with E-state index in [-0.39, 0.29) is 19.1 Å². The number of nitrogens with zero attached hydrogens (tertiary/aromatic N) is 1. The van der Waals surface area contributed by atoms with E-state index in [4.69, 9.17) is 4.74 Å². The highest BCUT2D eigenvalue weighted by atomic mass is 79.9. The van der Waals surface area contributed by atoms with Gasteiger partial charge < -0.3 is 14.4 Å². The number of hydrogen-bond acceptors (Lipinski definition) is 4. The molecular weight excluding hydrogens is 479 g/mol. The first-order chi connectivity index (χ1) is 14.6. The summed E-state index contributed by atoms with van der Waals surface area (Å²) in [6.07, 6.45) is -3.98. The Morgan fingerprint density at radius 3 is 2.55 bits per heavy atom. The van der Waals surface area contributed by atoms with Gasteiger partial charge in [-0.05, 0) is 48.7 Å². The number of aromatic hydroxyl groups is 1. The van der Waals surface area contributed by atoms with Gasteiger partial charge in [-0.25, -0.2) is 4.79 Å². The Hall–Kier alpha value is -2.81. The summed E-state index contributed by atoms with van der Waals surface area (Å²) < 4.78 is 45.7. The fourth-order valence-electron chi connectivity index (χ4n) is 4.06. The smallest absolute Gasteiger partial charge is 0.416 e. The SMILES string of the molecule is CCOC(=O)c1c(O)c2cc(Br)cc3c2n(c1=O)CC(c1ccc(C(F)(F)F)cc1)C3. The topological polar surface area (TPSA) is 68.5 Å². The fourth-order valence-corrected chi connectivity index (χ4v) is 4.57. The molecule has 1 atom stereocenters. The van der Waals surface area contributed by atoms with Crippen molar-refractivity contribution < 1.29 is 27.8 Å². The number of rotatable bonds is 3. The van der Waals surface area contributed by atoms with Crippen LogP contribution in [0.4, 0.5) is 13.2 Å². The molecule has 2 heterocycles. The minimum Gasteiger partial charge on any atom is -0.506 e. The predicted octanol–water partition coefficient (Wildman–Crippen LogP) is 5.01. The summed E-state index contributed by atoms with van der Waals surface area (Å²) >= 11 is 3.39. The fraction of sp³-hybridized carbons (Fsp3) is 0.273. The third kappa shape index (κ3) is 3.71. The van der Waals surface area contributed by atoms with E-state index in [2.05, 4.69) is 15.9 Å². The number of ether oxygens (including phenoxy) is 1. The molecule has 0 fully saturated rings. The highest BCUT2D eigenvalue weighted by molar-refractivity contribution is 9.10. The summed E-state index contributed by atoms with van der Waals surface area (Å²) in [7, 11) is 0. The van der Waals surface area contributed by atoms with E-state index in [1.807, 2.05) is 0 Å². The lowest BCUT2D eigenvalue weighted by Gasteiger charge is -2.28. The minimum atomic E-state index is -4.43. The quantitative estimate of drug-likeness (QED) is 0.519. The second kappa shape index (κ2) is 7.71. The van der Waals surface area contributed by atoms with Gasteiger partial charge in [0.05, 0.1) is 17.7 Å². The molecule has 1 aliphatic heterocycles. The molecule has 0 spiro atoms. The lowest BCUT2D eigenvalue weighted by Crippen LogP contribution is -2.33. The van der Waals surface area contributed by atoms with E-state index in [9.17, 15) is 27.9 Å². The Kier molecular flexibility index (Phi) is 5.33. The Morgan fingerprint density at radius 1 is 1.26 bits per heavy atom. The maximum atomic E-state index is 13.1. The van der Waals surface area contributed by atoms with Crippen LogP contribution in [0, 0.1) is 0 Å². The van der Waals surface area contributed by atoms with Crippen molar-refractivity contribution in [2.75, 3.05) is 6.61 Å². The van der Waals surface area contributed by atoms with Gasteiger partial charge in [-0.3, -0.25) is 4.79 Å². The standard InChI is InChI=1S/C22H17BrF3NO4/c1-2-31-21(30)17-19(28)16-9-15(23)8-12-7-13(10-27(18(12)16)20(17)29)11-3-5-14(6-4-11)22(24,25)26/h3-6,8-9,13,28H,2,7,10H2,1H3. The molecule has 9 heteroatoms. The highest BCUT2D eigenvalue weighted by Crippen LogP contribution is 2.39. The van der Waals surface area contributed by atoms with Crippen molar-refractivity contribution >= 4 is 32.8 Å². The number of hydrogen-bond donors (Lipinski definition) is 1. The molecule has 0 saturated carbocycles. The molecule has 1 aromatic heterocycles. The van der Waals surface area contributed by atoms with Crippen LogP contribution >= 0.6 is 15.9 Å². The molecule has 1 N–H and O–H groups in total. The average Bonchev–Trinajstić information content (AvgIpc) is 2.71. The summed E-state index contributed by atoms with van der Waals surface area (Å²) in [5.74, 6) is -1.65. The summed E-state index contributed by atoms with van der Waals surface area (Å²) in [6.45, 7) is 1.78. The Morgan fingerprint density at radius 2 is 1.94 bits per heavy atom. The minimum absolute atomic E-state index is 0.0354. The molecule has 1 aliphatic rings. The van der Waals surface area contributed by atoms with Crippen LogP contribution in [-0.4, -0.2) is 22.2 Å². The number of aromatic nitrogens is 1. The molecule has 0 aliphatic carbocycles. The zero-order chi connectivity index (χ0) is 22.5. The van der Waals surface area contributed by atoms with Crippen LogP contribution in [0.2, 0.25) is 0 Å². The maximum Gasteiger partial charge on any atom is 0.416 e. The van der Waals surface area contributed by atoms with Crippen molar-refractivity contribution in [1.82, 2.24) is 4.57 Å². The molecular formula is C22H17BrF3NO4. The number of carbonyl (C=O) groups excluding carboxylic acids is 1. The first-order valence-corrected chi connectivity index (χ1v) is 10.3. The molecule has 0 radical (unpaired) electrons. The third-order valence-electron chi connectivity index (χ3n) is 5.43. The van der Waals surface area contributed by atoms with Crippen LogP contribution in [0.5, 0.6) is 5.75 Å². The van der Waals surface area contributed by atoms with Gasteiger partial charge in [-0.2, -0.15) is 13.2 Å². The van der Waals surface area contributed by atoms with Crippen molar-refractivity contribution in [2.45, 2.75) is 32.0 Å². The molecule has 0 bridgehead atoms. The molecule has 2 aromatic carbocycles. The number of halogens is 4. The average molecular weight is 496 g/mol. The summed E-state index contributed by atoms with van der Waals surface area (Å²) in [4.78, 5) is 25.5. The first-order valence-electron chi connectivity index (χ1n) is 9.54. The lowest BCUT2D eigenvalue weighted by atomic mass is 9.87. The van der Waals surface area contributed by atoms with E-state index < -0.39 is 34.6 Å². The van der Waals surface area contributed by atoms with E-state index in [1.54, 1.807) is 19.1 Å². The Bertz CT molecular complexity index is 1250. The normalized spacial score (nSPS) is 15.8. The van der Waals surface area contributed by atoms with E-state index in [1.165, 1.54) is 16.7 Å². The molecule has 31 heavy (non-hydrogen) atoms.